The second-order valence-corrected chi connectivity index (χ2v) is 5.50. The molecule has 0 aliphatic heterocycles. The summed E-state index contributed by atoms with van der Waals surface area (Å²) in [4.78, 5) is 33.2. The summed E-state index contributed by atoms with van der Waals surface area (Å²) in [7, 11) is 0. The number of carboxylic acids is 1. The molecule has 2 rings (SSSR count). The van der Waals surface area contributed by atoms with Gasteiger partial charge in [0.2, 0.25) is 0 Å². The molecule has 1 aromatic rings. The lowest BCUT2D eigenvalue weighted by Crippen LogP contribution is -2.42. The summed E-state index contributed by atoms with van der Waals surface area (Å²) in [5.41, 5.74) is -0.180. The van der Waals surface area contributed by atoms with Gasteiger partial charge in [-0.1, -0.05) is 15.9 Å². The molecule has 0 bridgehead atoms. The van der Waals surface area contributed by atoms with Gasteiger partial charge in [0.25, 0.3) is 11.6 Å². The number of carbonyl (C=O) groups excluding carboxylic acids is 1. The van der Waals surface area contributed by atoms with Crippen LogP contribution in [-0.2, 0) is 4.79 Å². The van der Waals surface area contributed by atoms with E-state index in [9.17, 15) is 19.7 Å². The Hall–Kier alpha value is -1.96. The second kappa shape index (κ2) is 5.58. The number of non-ortho nitro benzene ring substituents is 1. The minimum atomic E-state index is -1.09. The van der Waals surface area contributed by atoms with Crippen LogP contribution in [0.4, 0.5) is 5.69 Å². The number of nitro benzene ring substituents is 1. The minimum Gasteiger partial charge on any atom is -0.480 e. The molecule has 7 nitrogen and oxygen atoms in total. The lowest BCUT2D eigenvalue weighted by Gasteiger charge is -2.13. The van der Waals surface area contributed by atoms with E-state index in [-0.39, 0.29) is 17.2 Å². The van der Waals surface area contributed by atoms with Gasteiger partial charge in [-0.3, -0.25) is 14.9 Å². The fourth-order valence-electron chi connectivity index (χ4n) is 1.85. The topological polar surface area (TPSA) is 110 Å². The largest absolute Gasteiger partial charge is 0.480 e. The molecule has 0 aromatic heterocycles. The first kappa shape index (κ1) is 14.4. The van der Waals surface area contributed by atoms with Crippen molar-refractivity contribution in [3.8, 4) is 0 Å². The van der Waals surface area contributed by atoms with Crippen molar-refractivity contribution < 1.29 is 19.6 Å². The predicted octanol–water partition coefficient (Wildman–Crippen LogP) is 1.95. The van der Waals surface area contributed by atoms with Crippen LogP contribution in [0.1, 0.15) is 23.2 Å². The Kier molecular flexibility index (Phi) is 4.03. The molecule has 1 aromatic carbocycles. The molecule has 1 saturated carbocycles. The maximum absolute atomic E-state index is 12.0. The number of carboxylic acid groups (broad SMARTS) is 1. The number of aliphatic carboxylic acids is 1. The Morgan fingerprint density at radius 2 is 2.05 bits per heavy atom. The number of carbonyl (C=O) groups is 2. The summed E-state index contributed by atoms with van der Waals surface area (Å²) in [5, 5.41) is 22.2. The van der Waals surface area contributed by atoms with Crippen molar-refractivity contribution >= 4 is 33.5 Å². The first-order chi connectivity index (χ1) is 9.38. The Morgan fingerprint density at radius 1 is 1.40 bits per heavy atom. The predicted molar refractivity (Wildman–Crippen MR) is 72.4 cm³/mol. The summed E-state index contributed by atoms with van der Waals surface area (Å²) in [6.07, 6.45) is 1.52. The van der Waals surface area contributed by atoms with Crippen LogP contribution in [0.25, 0.3) is 0 Å². The zero-order valence-corrected chi connectivity index (χ0v) is 11.8. The lowest BCUT2D eigenvalue weighted by atomic mass is 10.1. The average molecular weight is 343 g/mol. The van der Waals surface area contributed by atoms with Crippen LogP contribution in [0, 0.1) is 16.0 Å². The molecule has 1 aliphatic rings. The molecule has 1 amide bonds. The molecule has 1 unspecified atom stereocenters. The highest BCUT2D eigenvalue weighted by Gasteiger charge is 2.37. The standard InChI is InChI=1S/C12H11BrN2O5/c13-8-3-7(4-9(5-8)15(19)20)11(16)14-10(12(17)18)6-1-2-6/h3-6,10H,1-2H2,(H,14,16)(H,17,18). The first-order valence-electron chi connectivity index (χ1n) is 5.87. The molecule has 2 N–H and O–H groups in total. The SMILES string of the molecule is O=C(NC(C(=O)O)C1CC1)c1cc(Br)cc([N+](=O)[O-])c1. The van der Waals surface area contributed by atoms with Crippen LogP contribution >= 0.6 is 15.9 Å². The van der Waals surface area contributed by atoms with Crippen LogP contribution in [0.15, 0.2) is 22.7 Å². The van der Waals surface area contributed by atoms with Crippen LogP contribution in [0.5, 0.6) is 0 Å². The molecule has 0 saturated heterocycles. The van der Waals surface area contributed by atoms with Crippen LogP contribution in [0.3, 0.4) is 0 Å². The van der Waals surface area contributed by atoms with Crippen LogP contribution in [0.2, 0.25) is 0 Å². The molecule has 1 fully saturated rings. The number of amides is 1. The van der Waals surface area contributed by atoms with E-state index in [0.717, 1.165) is 18.9 Å². The molecular weight excluding hydrogens is 332 g/mol. The third kappa shape index (κ3) is 3.32. The molecule has 0 radical (unpaired) electrons. The third-order valence-electron chi connectivity index (χ3n) is 3.00. The molecular formula is C12H11BrN2O5. The summed E-state index contributed by atoms with van der Waals surface area (Å²) in [6.45, 7) is 0. The van der Waals surface area contributed by atoms with E-state index in [1.165, 1.54) is 12.1 Å². The van der Waals surface area contributed by atoms with Crippen molar-refractivity contribution in [1.82, 2.24) is 5.32 Å². The van der Waals surface area contributed by atoms with Gasteiger partial charge < -0.3 is 10.4 Å². The fourth-order valence-corrected chi connectivity index (χ4v) is 2.33. The molecule has 1 aliphatic carbocycles. The van der Waals surface area contributed by atoms with Crippen molar-refractivity contribution in [2.75, 3.05) is 0 Å². The normalized spacial score (nSPS) is 15.4. The quantitative estimate of drug-likeness (QED) is 0.627. The zero-order valence-electron chi connectivity index (χ0n) is 10.2. The number of nitrogens with zero attached hydrogens (tertiary/aromatic N) is 1. The van der Waals surface area contributed by atoms with Gasteiger partial charge in [-0.05, 0) is 24.8 Å². The molecule has 106 valence electrons. The van der Waals surface area contributed by atoms with Gasteiger partial charge in [0.15, 0.2) is 0 Å². The first-order valence-corrected chi connectivity index (χ1v) is 6.66. The summed E-state index contributed by atoms with van der Waals surface area (Å²) >= 11 is 3.09. The molecule has 20 heavy (non-hydrogen) atoms. The van der Waals surface area contributed by atoms with Crippen LogP contribution < -0.4 is 5.32 Å². The Labute approximate surface area is 122 Å². The maximum atomic E-state index is 12.0. The Bertz CT molecular complexity index is 585. The van der Waals surface area contributed by atoms with E-state index in [4.69, 9.17) is 5.11 Å². The average Bonchev–Trinajstić information content (AvgIpc) is 3.18. The second-order valence-electron chi connectivity index (χ2n) is 4.58. The van der Waals surface area contributed by atoms with Gasteiger partial charge >= 0.3 is 5.97 Å². The summed E-state index contributed by atoms with van der Waals surface area (Å²) in [5.74, 6) is -1.78. The van der Waals surface area contributed by atoms with Crippen LogP contribution in [-0.4, -0.2) is 27.9 Å². The zero-order chi connectivity index (χ0) is 14.9. The minimum absolute atomic E-state index is 0.0537. The van der Waals surface area contributed by atoms with Gasteiger partial charge in [0.1, 0.15) is 6.04 Å². The smallest absolute Gasteiger partial charge is 0.326 e. The van der Waals surface area contributed by atoms with E-state index < -0.39 is 22.8 Å². The summed E-state index contributed by atoms with van der Waals surface area (Å²) in [6, 6.07) is 2.85. The maximum Gasteiger partial charge on any atom is 0.326 e. The highest BCUT2D eigenvalue weighted by molar-refractivity contribution is 9.10. The molecule has 8 heteroatoms. The Morgan fingerprint density at radius 3 is 2.55 bits per heavy atom. The number of halogens is 1. The van der Waals surface area contributed by atoms with Gasteiger partial charge in [0.05, 0.1) is 4.92 Å². The lowest BCUT2D eigenvalue weighted by molar-refractivity contribution is -0.385. The number of nitro groups is 1. The number of rotatable bonds is 5. The van der Waals surface area contributed by atoms with E-state index in [1.54, 1.807) is 0 Å². The number of hydrogen-bond acceptors (Lipinski definition) is 4. The van der Waals surface area contributed by atoms with E-state index >= 15 is 0 Å². The van der Waals surface area contributed by atoms with E-state index in [2.05, 4.69) is 21.2 Å². The van der Waals surface area contributed by atoms with Gasteiger partial charge in [-0.15, -0.1) is 0 Å². The van der Waals surface area contributed by atoms with Crippen molar-refractivity contribution in [1.29, 1.82) is 0 Å². The fraction of sp³-hybridized carbons (Fsp3) is 0.333. The number of nitrogens with one attached hydrogen (secondary N) is 1. The number of benzene rings is 1. The highest BCUT2D eigenvalue weighted by atomic mass is 79.9. The van der Waals surface area contributed by atoms with Gasteiger partial charge in [-0.25, -0.2) is 4.79 Å². The van der Waals surface area contributed by atoms with Crippen molar-refractivity contribution in [2.24, 2.45) is 5.92 Å². The highest BCUT2D eigenvalue weighted by Crippen LogP contribution is 2.33. The van der Waals surface area contributed by atoms with Crippen molar-refractivity contribution in [3.05, 3.63) is 38.3 Å². The summed E-state index contributed by atoms with van der Waals surface area (Å²) < 4.78 is 0.384. The van der Waals surface area contributed by atoms with E-state index in [0.29, 0.717) is 4.47 Å². The van der Waals surface area contributed by atoms with E-state index in [1.807, 2.05) is 0 Å². The molecule has 0 spiro atoms. The number of hydrogen-bond donors (Lipinski definition) is 2. The Balaban J connectivity index is 2.20. The van der Waals surface area contributed by atoms with Crippen molar-refractivity contribution in [2.45, 2.75) is 18.9 Å². The van der Waals surface area contributed by atoms with Gasteiger partial charge in [0, 0.05) is 22.2 Å². The molecule has 0 heterocycles. The van der Waals surface area contributed by atoms with Crippen molar-refractivity contribution in [3.63, 3.8) is 0 Å². The van der Waals surface area contributed by atoms with Gasteiger partial charge in [-0.2, -0.15) is 0 Å². The third-order valence-corrected chi connectivity index (χ3v) is 3.46. The monoisotopic (exact) mass is 342 g/mol. The molecule has 1 atom stereocenters.